The molecule has 0 aliphatic carbocycles. The van der Waals surface area contributed by atoms with Crippen molar-refractivity contribution in [3.8, 4) is 11.5 Å². The highest BCUT2D eigenvalue weighted by molar-refractivity contribution is 5.41. The summed E-state index contributed by atoms with van der Waals surface area (Å²) >= 11 is 0. The summed E-state index contributed by atoms with van der Waals surface area (Å²) in [5.41, 5.74) is 4.33. The number of hydrogen-bond acceptors (Lipinski definition) is 2. The Kier molecular flexibility index (Phi) is 3.68. The Morgan fingerprint density at radius 3 is 2.33 bits per heavy atom. The average Bonchev–Trinajstić information content (AvgIpc) is 2.33. The van der Waals surface area contributed by atoms with Crippen LogP contribution in [0.2, 0.25) is 0 Å². The van der Waals surface area contributed by atoms with E-state index in [0.717, 1.165) is 28.2 Å². The Balaban J connectivity index is 2.26. The van der Waals surface area contributed by atoms with E-state index in [4.69, 9.17) is 9.84 Å². The molecule has 2 heteroatoms. The van der Waals surface area contributed by atoms with Gasteiger partial charge in [0, 0.05) is 0 Å². The lowest BCUT2D eigenvalue weighted by Gasteiger charge is -2.11. The van der Waals surface area contributed by atoms with Crippen LogP contribution in [0.4, 0.5) is 0 Å². The number of aliphatic hydroxyl groups excluding tert-OH is 1. The van der Waals surface area contributed by atoms with Crippen LogP contribution in [0, 0.1) is 20.8 Å². The molecule has 0 aliphatic rings. The van der Waals surface area contributed by atoms with Crippen molar-refractivity contribution >= 4 is 0 Å². The van der Waals surface area contributed by atoms with Crippen molar-refractivity contribution in [3.63, 3.8) is 0 Å². The molecule has 0 atom stereocenters. The SMILES string of the molecule is Cc1ccc(Oc2ccc(CO)c(C)c2)c(C)c1. The van der Waals surface area contributed by atoms with Crippen LogP contribution in [-0.4, -0.2) is 5.11 Å². The predicted octanol–water partition coefficient (Wildman–Crippen LogP) is 3.90. The lowest BCUT2D eigenvalue weighted by Crippen LogP contribution is -1.92. The highest BCUT2D eigenvalue weighted by Gasteiger charge is 2.04. The third kappa shape index (κ3) is 2.71. The summed E-state index contributed by atoms with van der Waals surface area (Å²) in [5.74, 6) is 1.67. The van der Waals surface area contributed by atoms with Gasteiger partial charge in [-0.2, -0.15) is 0 Å². The average molecular weight is 242 g/mol. The van der Waals surface area contributed by atoms with Crippen LogP contribution >= 0.6 is 0 Å². The Morgan fingerprint density at radius 2 is 1.72 bits per heavy atom. The summed E-state index contributed by atoms with van der Waals surface area (Å²) in [6, 6.07) is 11.9. The predicted molar refractivity (Wildman–Crippen MR) is 73.1 cm³/mol. The quantitative estimate of drug-likeness (QED) is 0.884. The van der Waals surface area contributed by atoms with Crippen molar-refractivity contribution in [3.05, 3.63) is 58.7 Å². The van der Waals surface area contributed by atoms with Crippen LogP contribution in [0.1, 0.15) is 22.3 Å². The molecule has 2 aromatic rings. The van der Waals surface area contributed by atoms with Crippen LogP contribution in [0.5, 0.6) is 11.5 Å². The second kappa shape index (κ2) is 5.23. The van der Waals surface area contributed by atoms with Crippen molar-refractivity contribution in [2.75, 3.05) is 0 Å². The summed E-state index contributed by atoms with van der Waals surface area (Å²) in [4.78, 5) is 0. The first kappa shape index (κ1) is 12.7. The molecule has 0 aliphatic heterocycles. The molecule has 0 aromatic heterocycles. The number of benzene rings is 2. The fraction of sp³-hybridized carbons (Fsp3) is 0.250. The Morgan fingerprint density at radius 1 is 0.944 bits per heavy atom. The van der Waals surface area contributed by atoms with Crippen molar-refractivity contribution in [1.82, 2.24) is 0 Å². The van der Waals surface area contributed by atoms with E-state index < -0.39 is 0 Å². The third-order valence-corrected chi connectivity index (χ3v) is 3.04. The molecule has 94 valence electrons. The van der Waals surface area contributed by atoms with Crippen LogP contribution in [0.25, 0.3) is 0 Å². The second-order valence-electron chi connectivity index (χ2n) is 4.62. The molecule has 0 unspecified atom stereocenters. The fourth-order valence-electron chi connectivity index (χ4n) is 1.95. The molecule has 0 amide bonds. The first-order chi connectivity index (χ1) is 8.60. The van der Waals surface area contributed by atoms with Gasteiger partial charge in [-0.15, -0.1) is 0 Å². The van der Waals surface area contributed by atoms with Gasteiger partial charge in [0.2, 0.25) is 0 Å². The molecule has 2 nitrogen and oxygen atoms in total. The Labute approximate surface area is 108 Å². The molecule has 0 bridgehead atoms. The second-order valence-corrected chi connectivity index (χ2v) is 4.62. The van der Waals surface area contributed by atoms with Crippen LogP contribution < -0.4 is 4.74 Å². The summed E-state index contributed by atoms with van der Waals surface area (Å²) in [6.45, 7) is 6.14. The lowest BCUT2D eigenvalue weighted by atomic mass is 10.1. The summed E-state index contributed by atoms with van der Waals surface area (Å²) in [6.07, 6.45) is 0. The summed E-state index contributed by atoms with van der Waals surface area (Å²) < 4.78 is 5.86. The zero-order valence-electron chi connectivity index (χ0n) is 11.0. The van der Waals surface area contributed by atoms with E-state index in [1.165, 1.54) is 5.56 Å². The van der Waals surface area contributed by atoms with Gasteiger partial charge in [-0.1, -0.05) is 23.8 Å². The van der Waals surface area contributed by atoms with Gasteiger partial charge in [-0.05, 0) is 55.7 Å². The molecule has 0 radical (unpaired) electrons. The topological polar surface area (TPSA) is 29.5 Å². The van der Waals surface area contributed by atoms with Gasteiger partial charge < -0.3 is 9.84 Å². The van der Waals surface area contributed by atoms with E-state index in [9.17, 15) is 0 Å². The van der Waals surface area contributed by atoms with Gasteiger partial charge >= 0.3 is 0 Å². The van der Waals surface area contributed by atoms with Crippen LogP contribution in [0.3, 0.4) is 0 Å². The lowest BCUT2D eigenvalue weighted by molar-refractivity contribution is 0.281. The molecule has 0 spiro atoms. The number of aryl methyl sites for hydroxylation is 3. The highest BCUT2D eigenvalue weighted by Crippen LogP contribution is 2.27. The minimum absolute atomic E-state index is 0.0652. The van der Waals surface area contributed by atoms with Gasteiger partial charge in [0.25, 0.3) is 0 Å². The van der Waals surface area contributed by atoms with Crippen molar-refractivity contribution < 1.29 is 9.84 Å². The van der Waals surface area contributed by atoms with Gasteiger partial charge in [0.05, 0.1) is 6.61 Å². The van der Waals surface area contributed by atoms with E-state index in [1.54, 1.807) is 0 Å². The van der Waals surface area contributed by atoms with E-state index >= 15 is 0 Å². The minimum Gasteiger partial charge on any atom is -0.457 e. The number of hydrogen-bond donors (Lipinski definition) is 1. The smallest absolute Gasteiger partial charge is 0.130 e. The maximum atomic E-state index is 9.13. The van der Waals surface area contributed by atoms with Gasteiger partial charge in [-0.25, -0.2) is 0 Å². The minimum atomic E-state index is 0.0652. The first-order valence-corrected chi connectivity index (χ1v) is 6.05. The van der Waals surface area contributed by atoms with Crippen LogP contribution in [-0.2, 0) is 6.61 Å². The molecule has 2 aromatic carbocycles. The maximum Gasteiger partial charge on any atom is 0.130 e. The number of aliphatic hydroxyl groups is 1. The monoisotopic (exact) mass is 242 g/mol. The van der Waals surface area contributed by atoms with E-state index in [2.05, 4.69) is 13.0 Å². The molecule has 2 rings (SSSR count). The van der Waals surface area contributed by atoms with Crippen molar-refractivity contribution in [1.29, 1.82) is 0 Å². The molecule has 0 saturated heterocycles. The molecule has 0 saturated carbocycles. The van der Waals surface area contributed by atoms with Gasteiger partial charge in [0.1, 0.15) is 11.5 Å². The Bertz CT molecular complexity index is 559. The van der Waals surface area contributed by atoms with E-state index in [1.807, 2.05) is 44.2 Å². The standard InChI is InChI=1S/C16H18O2/c1-11-4-7-16(13(3)8-11)18-15-6-5-14(10-17)12(2)9-15/h4-9,17H,10H2,1-3H3. The van der Waals surface area contributed by atoms with Crippen molar-refractivity contribution in [2.45, 2.75) is 27.4 Å². The first-order valence-electron chi connectivity index (χ1n) is 6.05. The molecular weight excluding hydrogens is 224 g/mol. The van der Waals surface area contributed by atoms with Crippen molar-refractivity contribution in [2.24, 2.45) is 0 Å². The number of ether oxygens (including phenoxy) is 1. The van der Waals surface area contributed by atoms with Gasteiger partial charge in [-0.3, -0.25) is 0 Å². The fourth-order valence-corrected chi connectivity index (χ4v) is 1.95. The van der Waals surface area contributed by atoms with E-state index in [-0.39, 0.29) is 6.61 Å². The largest absolute Gasteiger partial charge is 0.457 e. The summed E-state index contributed by atoms with van der Waals surface area (Å²) in [7, 11) is 0. The van der Waals surface area contributed by atoms with Crippen LogP contribution in [0.15, 0.2) is 36.4 Å². The van der Waals surface area contributed by atoms with E-state index in [0.29, 0.717) is 0 Å². The zero-order chi connectivity index (χ0) is 13.1. The molecule has 18 heavy (non-hydrogen) atoms. The molecular formula is C16H18O2. The van der Waals surface area contributed by atoms with Gasteiger partial charge in [0.15, 0.2) is 0 Å². The molecule has 0 heterocycles. The summed E-state index contributed by atoms with van der Waals surface area (Å²) in [5, 5.41) is 9.13. The third-order valence-electron chi connectivity index (χ3n) is 3.04. The number of rotatable bonds is 3. The highest BCUT2D eigenvalue weighted by atomic mass is 16.5. The normalized spacial score (nSPS) is 10.4. The maximum absolute atomic E-state index is 9.13. The zero-order valence-corrected chi connectivity index (χ0v) is 11.0. The Hall–Kier alpha value is -1.80. The molecule has 1 N–H and O–H groups in total. The molecule has 0 fully saturated rings.